The van der Waals surface area contributed by atoms with Crippen molar-refractivity contribution >= 4 is 16.6 Å². The molecule has 6 nitrogen and oxygen atoms in total. The van der Waals surface area contributed by atoms with Gasteiger partial charge in [0.05, 0.1) is 13.2 Å². The fourth-order valence-electron chi connectivity index (χ4n) is 6.50. The lowest BCUT2D eigenvalue weighted by Crippen LogP contribution is -2.55. The fraction of sp³-hybridized carbons (Fsp3) is 1.00. The SMILES string of the molecule is CO[C@H](CO[Si](C(C)C)(C(C)C)C(C)C)C(O)C(O)[C@@H](CO[Si](C(C)C)(C(C)C)C(C)C)OC. The van der Waals surface area contributed by atoms with E-state index in [0.717, 1.165) is 0 Å². The summed E-state index contributed by atoms with van der Waals surface area (Å²) in [4.78, 5) is 0. The van der Waals surface area contributed by atoms with E-state index in [1.807, 2.05) is 0 Å². The van der Waals surface area contributed by atoms with Crippen molar-refractivity contribution in [1.82, 2.24) is 0 Å². The van der Waals surface area contributed by atoms with Crippen molar-refractivity contribution in [2.24, 2.45) is 0 Å². The molecule has 0 aliphatic carbocycles. The van der Waals surface area contributed by atoms with Crippen molar-refractivity contribution < 1.29 is 28.5 Å². The third kappa shape index (κ3) is 7.60. The van der Waals surface area contributed by atoms with Gasteiger partial charge in [-0.3, -0.25) is 0 Å². The van der Waals surface area contributed by atoms with Gasteiger partial charge < -0.3 is 28.5 Å². The molecule has 206 valence electrons. The van der Waals surface area contributed by atoms with Crippen LogP contribution in [0, 0.1) is 0 Å². The predicted octanol–water partition coefficient (Wildman–Crippen LogP) is 6.12. The molecule has 2 N–H and O–H groups in total. The lowest BCUT2D eigenvalue weighted by molar-refractivity contribution is -0.138. The van der Waals surface area contributed by atoms with Crippen LogP contribution in [0.25, 0.3) is 0 Å². The van der Waals surface area contributed by atoms with Gasteiger partial charge in [-0.05, 0) is 33.2 Å². The highest BCUT2D eigenvalue weighted by Gasteiger charge is 2.48. The number of rotatable bonds is 17. The van der Waals surface area contributed by atoms with E-state index in [2.05, 4.69) is 83.1 Å². The van der Waals surface area contributed by atoms with Crippen molar-refractivity contribution in [1.29, 1.82) is 0 Å². The Morgan fingerprint density at radius 1 is 0.471 bits per heavy atom. The summed E-state index contributed by atoms with van der Waals surface area (Å²) in [7, 11) is -1.14. The second-order valence-corrected chi connectivity index (χ2v) is 22.7. The number of aliphatic hydroxyl groups excluding tert-OH is 2. The maximum Gasteiger partial charge on any atom is 0.200 e. The molecular weight excluding hydrogens is 464 g/mol. The largest absolute Gasteiger partial charge is 0.413 e. The molecule has 0 aromatic rings. The third-order valence-corrected chi connectivity index (χ3v) is 20.3. The van der Waals surface area contributed by atoms with Crippen molar-refractivity contribution in [3.63, 3.8) is 0 Å². The Labute approximate surface area is 213 Å². The monoisotopic (exact) mass is 522 g/mol. The molecule has 0 aliphatic heterocycles. The van der Waals surface area contributed by atoms with E-state index in [0.29, 0.717) is 33.2 Å². The summed E-state index contributed by atoms with van der Waals surface area (Å²) in [5, 5.41) is 22.2. The van der Waals surface area contributed by atoms with Crippen molar-refractivity contribution in [2.45, 2.75) is 141 Å². The molecule has 0 bridgehead atoms. The number of methoxy groups -OCH3 is 2. The summed E-state index contributed by atoms with van der Waals surface area (Å²) in [6.07, 6.45) is -3.61. The molecule has 8 heteroatoms. The average Bonchev–Trinajstić information content (AvgIpc) is 2.71. The smallest absolute Gasteiger partial charge is 0.200 e. The zero-order valence-corrected chi connectivity index (χ0v) is 26.7. The van der Waals surface area contributed by atoms with Gasteiger partial charge in [0.25, 0.3) is 0 Å². The van der Waals surface area contributed by atoms with Crippen LogP contribution >= 0.6 is 0 Å². The Morgan fingerprint density at radius 2 is 0.676 bits per heavy atom. The van der Waals surface area contributed by atoms with Gasteiger partial charge in [-0.2, -0.15) is 0 Å². The minimum atomic E-state index is -2.12. The van der Waals surface area contributed by atoms with Crippen LogP contribution in [0.15, 0.2) is 0 Å². The second-order valence-electron chi connectivity index (χ2n) is 11.8. The van der Waals surface area contributed by atoms with Gasteiger partial charge in [0.1, 0.15) is 24.4 Å². The first-order valence-corrected chi connectivity index (χ1v) is 17.5. The van der Waals surface area contributed by atoms with Gasteiger partial charge in [0, 0.05) is 14.2 Å². The average molecular weight is 523 g/mol. The van der Waals surface area contributed by atoms with E-state index in [9.17, 15) is 10.2 Å². The van der Waals surface area contributed by atoms with Crippen LogP contribution in [0.4, 0.5) is 0 Å². The summed E-state index contributed by atoms with van der Waals surface area (Å²) < 4.78 is 24.5. The highest BCUT2D eigenvalue weighted by atomic mass is 28.4. The van der Waals surface area contributed by atoms with Gasteiger partial charge in [-0.15, -0.1) is 0 Å². The molecule has 2 unspecified atom stereocenters. The normalized spacial score (nSPS) is 17.5. The summed E-state index contributed by atoms with van der Waals surface area (Å²) >= 11 is 0. The zero-order valence-electron chi connectivity index (χ0n) is 24.7. The van der Waals surface area contributed by atoms with E-state index < -0.39 is 41.1 Å². The van der Waals surface area contributed by atoms with Gasteiger partial charge in [0.15, 0.2) is 16.6 Å². The highest BCUT2D eigenvalue weighted by Crippen LogP contribution is 2.43. The topological polar surface area (TPSA) is 77.4 Å². The zero-order chi connectivity index (χ0) is 27.0. The molecule has 0 radical (unpaired) electrons. The number of aliphatic hydroxyl groups is 2. The molecule has 4 atom stereocenters. The molecule has 0 saturated heterocycles. The lowest BCUT2D eigenvalue weighted by Gasteiger charge is -2.44. The number of hydrogen-bond donors (Lipinski definition) is 2. The molecule has 0 spiro atoms. The van der Waals surface area contributed by atoms with E-state index >= 15 is 0 Å². The Kier molecular flexibility index (Phi) is 14.9. The maximum absolute atomic E-state index is 11.1. The van der Waals surface area contributed by atoms with E-state index in [1.54, 1.807) is 14.2 Å². The predicted molar refractivity (Wildman–Crippen MR) is 148 cm³/mol. The van der Waals surface area contributed by atoms with Crippen LogP contribution in [0.3, 0.4) is 0 Å². The van der Waals surface area contributed by atoms with Crippen LogP contribution < -0.4 is 0 Å². The molecule has 0 saturated carbocycles. The molecule has 0 amide bonds. The van der Waals surface area contributed by atoms with Crippen LogP contribution in [0.1, 0.15) is 83.1 Å². The first-order chi connectivity index (χ1) is 15.6. The molecular formula is C26H58O6Si2. The van der Waals surface area contributed by atoms with Crippen molar-refractivity contribution in [3.8, 4) is 0 Å². The molecule has 0 aliphatic rings. The quantitative estimate of drug-likeness (QED) is 0.224. The summed E-state index contributed by atoms with van der Waals surface area (Å²) in [5.41, 5.74) is 2.55. The first-order valence-electron chi connectivity index (χ1n) is 13.3. The van der Waals surface area contributed by atoms with E-state index in [4.69, 9.17) is 18.3 Å². The molecule has 0 aromatic heterocycles. The van der Waals surface area contributed by atoms with Crippen molar-refractivity contribution in [3.05, 3.63) is 0 Å². The van der Waals surface area contributed by atoms with E-state index in [-0.39, 0.29) is 13.2 Å². The minimum absolute atomic E-state index is 0.245. The Hall–Kier alpha value is 0.194. The van der Waals surface area contributed by atoms with Crippen LogP contribution in [-0.4, -0.2) is 78.7 Å². The summed E-state index contributed by atoms with van der Waals surface area (Å²) in [6, 6.07) is 0. The van der Waals surface area contributed by atoms with Crippen LogP contribution in [0.5, 0.6) is 0 Å². The third-order valence-electron chi connectivity index (χ3n) is 8.13. The Bertz CT molecular complexity index is 462. The van der Waals surface area contributed by atoms with Crippen molar-refractivity contribution in [2.75, 3.05) is 27.4 Å². The standard InChI is InChI=1S/C26H58O6Si2/c1-17(2)33(18(3)4,19(5)6)31-15-23(29-13)25(27)26(28)24(30-14)16-32-34(20(7)8,21(9)10)22(11)12/h17-28H,15-16H2,1-14H3/t23-,24-,25?,26?/m1/s1. The first kappa shape index (κ1) is 34.2. The molecule has 0 fully saturated rings. The lowest BCUT2D eigenvalue weighted by atomic mass is 10.0. The van der Waals surface area contributed by atoms with Crippen LogP contribution in [0.2, 0.25) is 33.2 Å². The van der Waals surface area contributed by atoms with E-state index in [1.165, 1.54) is 0 Å². The Morgan fingerprint density at radius 3 is 0.824 bits per heavy atom. The number of hydrogen-bond acceptors (Lipinski definition) is 6. The van der Waals surface area contributed by atoms with Gasteiger partial charge in [-0.25, -0.2) is 0 Å². The minimum Gasteiger partial charge on any atom is -0.413 e. The summed E-state index contributed by atoms with van der Waals surface area (Å²) in [6.45, 7) is 27.2. The Balaban J connectivity index is 5.58. The molecule has 34 heavy (non-hydrogen) atoms. The molecule has 0 heterocycles. The van der Waals surface area contributed by atoms with Gasteiger partial charge >= 0.3 is 0 Å². The fourth-order valence-corrected chi connectivity index (χ4v) is 17.4. The summed E-state index contributed by atoms with van der Waals surface area (Å²) in [5.74, 6) is 0. The maximum atomic E-state index is 11.1. The van der Waals surface area contributed by atoms with Gasteiger partial charge in [0.2, 0.25) is 0 Å². The van der Waals surface area contributed by atoms with Gasteiger partial charge in [-0.1, -0.05) is 83.1 Å². The second kappa shape index (κ2) is 14.8. The highest BCUT2D eigenvalue weighted by molar-refractivity contribution is 6.78. The number of ether oxygens (including phenoxy) is 2. The van der Waals surface area contributed by atoms with Crippen LogP contribution in [-0.2, 0) is 18.3 Å². The molecule has 0 aromatic carbocycles. The molecule has 0 rings (SSSR count).